The topological polar surface area (TPSA) is 38.0 Å². The van der Waals surface area contributed by atoms with E-state index in [9.17, 15) is 0 Å². The van der Waals surface area contributed by atoms with E-state index in [1.807, 2.05) is 13.8 Å². The molecule has 0 aromatic rings. The molecule has 1 fully saturated rings. The molecule has 2 nitrogen and oxygen atoms in total. The van der Waals surface area contributed by atoms with Gasteiger partial charge in [0.15, 0.2) is 0 Å². The van der Waals surface area contributed by atoms with E-state index in [4.69, 9.17) is 5.73 Å². The molecule has 3 N–H and O–H groups in total. The summed E-state index contributed by atoms with van der Waals surface area (Å²) in [6, 6.07) is 1.18. The number of nitrogens with two attached hydrogens (primary N) is 1. The Labute approximate surface area is 72.6 Å². The smallest absolute Gasteiger partial charge is 0.01000 e. The highest BCUT2D eigenvalue weighted by Crippen LogP contribution is 2.17. The zero-order valence-electron chi connectivity index (χ0n) is 7.64. The molecule has 0 radical (unpaired) electrons. The summed E-state index contributed by atoms with van der Waals surface area (Å²) in [6.45, 7) is 4.00. The quantitative estimate of drug-likeness (QED) is 0.596. The first kappa shape index (κ1) is 11.4. The highest BCUT2D eigenvalue weighted by Gasteiger charge is 2.15. The molecule has 0 aromatic heterocycles. The molecule has 0 amide bonds. The predicted molar refractivity (Wildman–Crippen MR) is 54.4 cm³/mol. The molecule has 11 heavy (non-hydrogen) atoms. The molecule has 0 aromatic carbocycles. The standard InChI is InChI=1S/C6H15N2P.C2H6/c7-5-1-3-6(8-9)4-2-5;1-2/h5-6,8H,1-4,7,9H2;1-2H3. The van der Waals surface area contributed by atoms with Crippen molar-refractivity contribution < 1.29 is 0 Å². The second-order valence-corrected chi connectivity index (χ2v) is 3.11. The van der Waals surface area contributed by atoms with Gasteiger partial charge in [-0.1, -0.05) is 23.2 Å². The van der Waals surface area contributed by atoms with Gasteiger partial charge in [-0.05, 0) is 25.7 Å². The number of nitrogens with one attached hydrogen (secondary N) is 1. The van der Waals surface area contributed by atoms with Gasteiger partial charge in [0.2, 0.25) is 0 Å². The Bertz CT molecular complexity index is 80.2. The summed E-state index contributed by atoms with van der Waals surface area (Å²) in [7, 11) is 2.57. The third-order valence-corrected chi connectivity index (χ3v) is 2.48. The Morgan fingerprint density at radius 2 is 1.64 bits per heavy atom. The van der Waals surface area contributed by atoms with Crippen LogP contribution in [0.15, 0.2) is 0 Å². The van der Waals surface area contributed by atoms with Crippen molar-refractivity contribution in [2.45, 2.75) is 51.6 Å². The van der Waals surface area contributed by atoms with E-state index in [2.05, 4.69) is 14.5 Å². The SMILES string of the molecule is CC.NC1CCC(NP)CC1. The summed E-state index contributed by atoms with van der Waals surface area (Å²) in [5.74, 6) is 0. The summed E-state index contributed by atoms with van der Waals surface area (Å²) >= 11 is 0. The van der Waals surface area contributed by atoms with E-state index in [0.29, 0.717) is 12.1 Å². The zero-order valence-corrected chi connectivity index (χ0v) is 8.79. The van der Waals surface area contributed by atoms with Crippen molar-refractivity contribution in [1.29, 1.82) is 0 Å². The van der Waals surface area contributed by atoms with Gasteiger partial charge in [-0.25, -0.2) is 0 Å². The van der Waals surface area contributed by atoms with E-state index in [0.717, 1.165) is 0 Å². The van der Waals surface area contributed by atoms with Crippen LogP contribution in [0.4, 0.5) is 0 Å². The van der Waals surface area contributed by atoms with Crippen LogP contribution in [-0.4, -0.2) is 12.1 Å². The van der Waals surface area contributed by atoms with Crippen molar-refractivity contribution in [3.8, 4) is 0 Å². The summed E-state index contributed by atoms with van der Waals surface area (Å²) < 4.78 is 0. The average Bonchev–Trinajstić information content (AvgIpc) is 2.10. The maximum Gasteiger partial charge on any atom is 0.01000 e. The average molecular weight is 176 g/mol. The maximum atomic E-state index is 5.72. The van der Waals surface area contributed by atoms with Crippen molar-refractivity contribution in [3.05, 3.63) is 0 Å². The molecule has 1 aliphatic carbocycles. The van der Waals surface area contributed by atoms with Crippen LogP contribution >= 0.6 is 9.39 Å². The van der Waals surface area contributed by atoms with E-state index in [1.165, 1.54) is 25.7 Å². The Hall–Kier alpha value is 0.350. The van der Waals surface area contributed by atoms with Gasteiger partial charge in [0, 0.05) is 12.1 Å². The molecule has 3 heteroatoms. The normalized spacial score (nSPS) is 30.5. The molecular weight excluding hydrogens is 155 g/mol. The van der Waals surface area contributed by atoms with Crippen LogP contribution in [0.3, 0.4) is 0 Å². The second-order valence-electron chi connectivity index (χ2n) is 2.78. The predicted octanol–water partition coefficient (Wildman–Crippen LogP) is 1.66. The van der Waals surface area contributed by atoms with E-state index in [-0.39, 0.29) is 0 Å². The van der Waals surface area contributed by atoms with Crippen LogP contribution in [-0.2, 0) is 0 Å². The molecule has 0 heterocycles. The summed E-state index contributed by atoms with van der Waals surface area (Å²) in [5.41, 5.74) is 5.72. The zero-order chi connectivity index (χ0) is 8.69. The van der Waals surface area contributed by atoms with Gasteiger partial charge in [0.25, 0.3) is 0 Å². The van der Waals surface area contributed by atoms with Crippen LogP contribution in [0.5, 0.6) is 0 Å². The molecule has 0 bridgehead atoms. The highest BCUT2D eigenvalue weighted by atomic mass is 31.0. The minimum absolute atomic E-state index is 0.472. The van der Waals surface area contributed by atoms with Crippen LogP contribution in [0.1, 0.15) is 39.5 Å². The maximum absolute atomic E-state index is 5.72. The molecule has 1 atom stereocenters. The van der Waals surface area contributed by atoms with E-state index in [1.54, 1.807) is 0 Å². The van der Waals surface area contributed by atoms with Crippen LogP contribution in [0.2, 0.25) is 0 Å². The van der Waals surface area contributed by atoms with Gasteiger partial charge in [-0.15, -0.1) is 0 Å². The first-order valence-corrected chi connectivity index (χ1v) is 5.12. The fourth-order valence-corrected chi connectivity index (χ4v) is 1.62. The van der Waals surface area contributed by atoms with Gasteiger partial charge < -0.3 is 5.73 Å². The molecule has 1 aliphatic rings. The van der Waals surface area contributed by atoms with Crippen LogP contribution in [0.25, 0.3) is 0 Å². The van der Waals surface area contributed by atoms with Crippen LogP contribution < -0.4 is 10.8 Å². The van der Waals surface area contributed by atoms with E-state index >= 15 is 0 Å². The lowest BCUT2D eigenvalue weighted by Crippen LogP contribution is -2.33. The third kappa shape index (κ3) is 4.73. The summed E-state index contributed by atoms with van der Waals surface area (Å²) in [6.07, 6.45) is 4.85. The number of rotatable bonds is 1. The molecule has 1 unspecified atom stereocenters. The van der Waals surface area contributed by atoms with Crippen LogP contribution in [0, 0.1) is 0 Å². The lowest BCUT2D eigenvalue weighted by molar-refractivity contribution is 0.381. The van der Waals surface area contributed by atoms with Gasteiger partial charge in [-0.2, -0.15) is 0 Å². The largest absolute Gasteiger partial charge is 0.328 e. The molecule has 1 saturated carbocycles. The molecular formula is C8H21N2P. The molecule has 0 aliphatic heterocycles. The molecule has 0 saturated heterocycles. The minimum Gasteiger partial charge on any atom is -0.328 e. The Balaban J connectivity index is 0.000000461. The third-order valence-electron chi connectivity index (χ3n) is 2.01. The molecule has 68 valence electrons. The van der Waals surface area contributed by atoms with Crippen molar-refractivity contribution in [3.63, 3.8) is 0 Å². The van der Waals surface area contributed by atoms with Gasteiger partial charge >= 0.3 is 0 Å². The van der Waals surface area contributed by atoms with Gasteiger partial charge in [-0.3, -0.25) is 5.09 Å². The van der Waals surface area contributed by atoms with E-state index < -0.39 is 0 Å². The van der Waals surface area contributed by atoms with Crippen molar-refractivity contribution >= 4 is 9.39 Å². The minimum atomic E-state index is 0.472. The first-order chi connectivity index (χ1) is 5.33. The fourth-order valence-electron chi connectivity index (χ4n) is 1.29. The molecule has 1 rings (SSSR count). The lowest BCUT2D eigenvalue weighted by atomic mass is 9.93. The number of hydrogen-bond acceptors (Lipinski definition) is 2. The van der Waals surface area contributed by atoms with Gasteiger partial charge in [0.05, 0.1) is 0 Å². The molecule has 0 spiro atoms. The first-order valence-electron chi connectivity index (χ1n) is 4.54. The Morgan fingerprint density at radius 1 is 1.18 bits per heavy atom. The van der Waals surface area contributed by atoms with Crippen molar-refractivity contribution in [1.82, 2.24) is 5.09 Å². The second kappa shape index (κ2) is 7.02. The Kier molecular flexibility index (Phi) is 7.25. The van der Waals surface area contributed by atoms with Crippen molar-refractivity contribution in [2.24, 2.45) is 5.73 Å². The highest BCUT2D eigenvalue weighted by molar-refractivity contribution is 7.13. The number of hydrogen-bond donors (Lipinski definition) is 2. The fraction of sp³-hybridized carbons (Fsp3) is 1.00. The monoisotopic (exact) mass is 176 g/mol. The summed E-state index contributed by atoms with van der Waals surface area (Å²) in [4.78, 5) is 0. The van der Waals surface area contributed by atoms with Crippen molar-refractivity contribution in [2.75, 3.05) is 0 Å². The lowest BCUT2D eigenvalue weighted by Gasteiger charge is -2.25. The Morgan fingerprint density at radius 3 is 2.00 bits per heavy atom. The summed E-state index contributed by atoms with van der Waals surface area (Å²) in [5, 5.41) is 3.19. The van der Waals surface area contributed by atoms with Gasteiger partial charge in [0.1, 0.15) is 0 Å².